The van der Waals surface area contributed by atoms with E-state index in [-0.39, 0.29) is 11.4 Å². The van der Waals surface area contributed by atoms with E-state index in [4.69, 9.17) is 5.73 Å². The lowest BCUT2D eigenvalue weighted by Crippen LogP contribution is -2.15. The van der Waals surface area contributed by atoms with Gasteiger partial charge in [0.15, 0.2) is 0 Å². The van der Waals surface area contributed by atoms with Gasteiger partial charge < -0.3 is 5.73 Å². The molecule has 2 rings (SSSR count). The zero-order valence-corrected chi connectivity index (χ0v) is 12.0. The number of nitrogens with one attached hydrogen (secondary N) is 1. The third kappa shape index (κ3) is 3.05. The number of nitrogens with two attached hydrogens (primary N) is 1. The predicted octanol–water partition coefficient (Wildman–Crippen LogP) is 2.97. The van der Waals surface area contributed by atoms with Crippen LogP contribution in [0.15, 0.2) is 51.8 Å². The summed E-state index contributed by atoms with van der Waals surface area (Å²) in [6, 6.07) is 9.82. The van der Waals surface area contributed by atoms with E-state index < -0.39 is 20.7 Å². The predicted molar refractivity (Wildman–Crippen MR) is 75.8 cm³/mol. The van der Waals surface area contributed by atoms with Crippen molar-refractivity contribution in [1.82, 2.24) is 0 Å². The maximum absolute atomic E-state index is 13.5. The highest BCUT2D eigenvalue weighted by Crippen LogP contribution is 2.26. The molecule has 0 aliphatic carbocycles. The molecule has 0 bridgehead atoms. The molecule has 4 nitrogen and oxygen atoms in total. The van der Waals surface area contributed by atoms with E-state index in [2.05, 4.69) is 20.7 Å². The SMILES string of the molecule is Nc1cc(Br)ccc1NS(=O)(=O)c1ccccc1F. The van der Waals surface area contributed by atoms with Gasteiger partial charge in [0.25, 0.3) is 10.0 Å². The van der Waals surface area contributed by atoms with E-state index in [9.17, 15) is 12.8 Å². The van der Waals surface area contributed by atoms with Crippen LogP contribution in [0.4, 0.5) is 15.8 Å². The fourth-order valence-corrected chi connectivity index (χ4v) is 3.04. The van der Waals surface area contributed by atoms with Gasteiger partial charge in [0.1, 0.15) is 10.7 Å². The van der Waals surface area contributed by atoms with Crippen LogP contribution in [0.2, 0.25) is 0 Å². The number of nitrogen functional groups attached to an aromatic ring is 1. The van der Waals surface area contributed by atoms with Crippen LogP contribution >= 0.6 is 15.9 Å². The molecule has 7 heteroatoms. The first-order valence-electron chi connectivity index (χ1n) is 5.22. The number of halogens is 2. The monoisotopic (exact) mass is 344 g/mol. The summed E-state index contributed by atoms with van der Waals surface area (Å²) >= 11 is 3.22. The number of rotatable bonds is 3. The Kier molecular flexibility index (Phi) is 3.77. The van der Waals surface area contributed by atoms with E-state index >= 15 is 0 Å². The molecule has 2 aromatic rings. The Morgan fingerprint density at radius 2 is 1.84 bits per heavy atom. The highest BCUT2D eigenvalue weighted by molar-refractivity contribution is 9.10. The highest BCUT2D eigenvalue weighted by atomic mass is 79.9. The molecule has 0 saturated carbocycles. The second kappa shape index (κ2) is 5.18. The van der Waals surface area contributed by atoms with E-state index in [1.807, 2.05) is 0 Å². The zero-order valence-electron chi connectivity index (χ0n) is 9.60. The van der Waals surface area contributed by atoms with Gasteiger partial charge in [-0.25, -0.2) is 12.8 Å². The van der Waals surface area contributed by atoms with Crippen molar-refractivity contribution in [1.29, 1.82) is 0 Å². The van der Waals surface area contributed by atoms with Crippen LogP contribution in [0.5, 0.6) is 0 Å². The fraction of sp³-hybridized carbons (Fsp3) is 0. The molecule has 0 atom stereocenters. The van der Waals surface area contributed by atoms with Crippen LogP contribution in [-0.4, -0.2) is 8.42 Å². The summed E-state index contributed by atoms with van der Waals surface area (Å²) in [5.41, 5.74) is 6.14. The van der Waals surface area contributed by atoms with Crippen LogP contribution in [0.25, 0.3) is 0 Å². The number of sulfonamides is 1. The molecule has 0 amide bonds. The Bertz CT molecular complexity index is 719. The average molecular weight is 345 g/mol. The Hall–Kier alpha value is -1.60. The minimum atomic E-state index is -4.00. The summed E-state index contributed by atoms with van der Waals surface area (Å²) in [5.74, 6) is -0.814. The van der Waals surface area contributed by atoms with Gasteiger partial charge in [-0.1, -0.05) is 28.1 Å². The molecule has 0 aliphatic heterocycles. The minimum Gasteiger partial charge on any atom is -0.397 e. The van der Waals surface area contributed by atoms with Gasteiger partial charge in [-0.15, -0.1) is 0 Å². The first-order valence-corrected chi connectivity index (χ1v) is 7.50. The molecular weight excluding hydrogens is 335 g/mol. The quantitative estimate of drug-likeness (QED) is 0.840. The third-order valence-corrected chi connectivity index (χ3v) is 4.28. The summed E-state index contributed by atoms with van der Waals surface area (Å²) < 4.78 is 40.6. The van der Waals surface area contributed by atoms with Crippen LogP contribution in [0.1, 0.15) is 0 Å². The van der Waals surface area contributed by atoms with Crippen LogP contribution < -0.4 is 10.5 Å². The highest BCUT2D eigenvalue weighted by Gasteiger charge is 2.19. The summed E-state index contributed by atoms with van der Waals surface area (Å²) in [5, 5.41) is 0. The Balaban J connectivity index is 2.40. The number of hydrogen-bond donors (Lipinski definition) is 2. The minimum absolute atomic E-state index is 0.200. The van der Waals surface area contributed by atoms with E-state index in [0.29, 0.717) is 0 Å². The largest absolute Gasteiger partial charge is 0.397 e. The van der Waals surface area contributed by atoms with Crippen molar-refractivity contribution in [3.05, 3.63) is 52.8 Å². The molecule has 0 heterocycles. The van der Waals surface area contributed by atoms with Gasteiger partial charge >= 0.3 is 0 Å². The molecular formula is C12H10BrFN2O2S. The third-order valence-electron chi connectivity index (χ3n) is 2.38. The lowest BCUT2D eigenvalue weighted by molar-refractivity contribution is 0.570. The molecule has 3 N–H and O–H groups in total. The number of benzene rings is 2. The molecule has 0 radical (unpaired) electrons. The molecule has 2 aromatic carbocycles. The summed E-state index contributed by atoms with van der Waals surface area (Å²) in [7, 11) is -4.00. The Labute approximate surface area is 118 Å². The van der Waals surface area contributed by atoms with Crippen LogP contribution in [-0.2, 0) is 10.0 Å². The molecule has 0 fully saturated rings. The lowest BCUT2D eigenvalue weighted by Gasteiger charge is -2.11. The topological polar surface area (TPSA) is 72.2 Å². The molecule has 0 spiro atoms. The summed E-state index contributed by atoms with van der Waals surface area (Å²) in [4.78, 5) is -0.419. The van der Waals surface area contributed by atoms with Crippen molar-refractivity contribution in [3.8, 4) is 0 Å². The van der Waals surface area contributed by atoms with Gasteiger partial charge in [0, 0.05) is 4.47 Å². The molecule has 0 unspecified atom stereocenters. The maximum Gasteiger partial charge on any atom is 0.264 e. The summed E-state index contributed by atoms with van der Waals surface area (Å²) in [6.07, 6.45) is 0. The second-order valence-electron chi connectivity index (χ2n) is 3.77. The van der Waals surface area contributed by atoms with Crippen molar-refractivity contribution in [2.75, 3.05) is 10.5 Å². The number of hydrogen-bond acceptors (Lipinski definition) is 3. The fourth-order valence-electron chi connectivity index (χ4n) is 1.49. The van der Waals surface area contributed by atoms with Gasteiger partial charge in [-0.3, -0.25) is 4.72 Å². The van der Waals surface area contributed by atoms with E-state index in [1.165, 1.54) is 24.3 Å². The first kappa shape index (κ1) is 13.8. The lowest BCUT2D eigenvalue weighted by atomic mass is 10.3. The summed E-state index contributed by atoms with van der Waals surface area (Å²) in [6.45, 7) is 0. The smallest absolute Gasteiger partial charge is 0.264 e. The Morgan fingerprint density at radius 1 is 1.16 bits per heavy atom. The van der Waals surface area contributed by atoms with Crippen molar-refractivity contribution >= 4 is 37.3 Å². The maximum atomic E-state index is 13.5. The van der Waals surface area contributed by atoms with E-state index in [0.717, 1.165) is 10.5 Å². The molecule has 19 heavy (non-hydrogen) atoms. The standard InChI is InChI=1S/C12H10BrFN2O2S/c13-8-5-6-11(10(15)7-8)16-19(17,18)12-4-2-1-3-9(12)14/h1-7,16H,15H2. The molecule has 0 aliphatic rings. The van der Waals surface area contributed by atoms with Gasteiger partial charge in [-0.2, -0.15) is 0 Å². The Morgan fingerprint density at radius 3 is 2.47 bits per heavy atom. The second-order valence-corrected chi connectivity index (χ2v) is 6.33. The van der Waals surface area contributed by atoms with Gasteiger partial charge in [0.05, 0.1) is 11.4 Å². The van der Waals surface area contributed by atoms with Crippen molar-refractivity contribution in [2.24, 2.45) is 0 Å². The van der Waals surface area contributed by atoms with E-state index in [1.54, 1.807) is 12.1 Å². The van der Waals surface area contributed by atoms with Crippen molar-refractivity contribution < 1.29 is 12.8 Å². The molecule has 100 valence electrons. The van der Waals surface area contributed by atoms with Crippen molar-refractivity contribution in [2.45, 2.75) is 4.90 Å². The first-order chi connectivity index (χ1) is 8.90. The van der Waals surface area contributed by atoms with Crippen LogP contribution in [0.3, 0.4) is 0 Å². The van der Waals surface area contributed by atoms with Crippen molar-refractivity contribution in [3.63, 3.8) is 0 Å². The average Bonchev–Trinajstić information content (AvgIpc) is 2.33. The zero-order chi connectivity index (χ0) is 14.0. The molecule has 0 aromatic heterocycles. The van der Waals surface area contributed by atoms with Gasteiger partial charge in [0.2, 0.25) is 0 Å². The number of anilines is 2. The molecule has 0 saturated heterocycles. The normalized spacial score (nSPS) is 11.3. The van der Waals surface area contributed by atoms with Crippen LogP contribution in [0, 0.1) is 5.82 Å². The van der Waals surface area contributed by atoms with Gasteiger partial charge in [-0.05, 0) is 30.3 Å².